The van der Waals surface area contributed by atoms with Gasteiger partial charge in [-0.25, -0.2) is 0 Å². The Balaban J connectivity index is 3.69. The molecule has 0 heterocycles. The second-order valence-electron chi connectivity index (χ2n) is 9.07. The minimum atomic E-state index is -3.92. The molecule has 0 aliphatic carbocycles. The fourth-order valence-electron chi connectivity index (χ4n) is 3.81. The van der Waals surface area contributed by atoms with Gasteiger partial charge in [-0.05, 0) is 24.3 Å². The Morgan fingerprint density at radius 2 is 1.00 bits per heavy atom. The van der Waals surface area contributed by atoms with E-state index in [0.29, 0.717) is 0 Å². The smallest absolute Gasteiger partial charge is 0.324 e. The fraction of sp³-hybridized carbons (Fsp3) is 1.00. The number of hydrogen-bond donors (Lipinski definition) is 2. The van der Waals surface area contributed by atoms with Gasteiger partial charge in [0.2, 0.25) is 0 Å². The molecule has 3 nitrogen and oxygen atoms in total. The second kappa shape index (κ2) is 24.0. The topological polar surface area (TPSA) is 57.5 Å². The van der Waals surface area contributed by atoms with Crippen LogP contribution < -0.4 is 0 Å². The highest BCUT2D eigenvalue weighted by Gasteiger charge is 2.21. The zero-order chi connectivity index (χ0) is 23.0. The largest absolute Gasteiger partial charge is 0.326 e. The molecule has 2 N–H and O–H groups in total. The number of thioether (sulfide) groups is 2. The summed E-state index contributed by atoms with van der Waals surface area (Å²) < 4.78 is 11.5. The van der Waals surface area contributed by atoms with E-state index in [1.54, 1.807) is 11.8 Å². The van der Waals surface area contributed by atoms with E-state index >= 15 is 0 Å². The highest BCUT2D eigenvalue weighted by atomic mass is 32.2. The first kappa shape index (κ1) is 31.9. The van der Waals surface area contributed by atoms with Crippen molar-refractivity contribution in [3.63, 3.8) is 0 Å². The van der Waals surface area contributed by atoms with Crippen molar-refractivity contribution < 1.29 is 14.4 Å². The van der Waals surface area contributed by atoms with Gasteiger partial charge in [-0.15, -0.1) is 0 Å². The van der Waals surface area contributed by atoms with Gasteiger partial charge in [-0.3, -0.25) is 4.57 Å². The monoisotopic (exact) mass is 496 g/mol. The maximum atomic E-state index is 11.5. The summed E-state index contributed by atoms with van der Waals surface area (Å²) in [5.41, 5.74) is 0. The van der Waals surface area contributed by atoms with Gasteiger partial charge in [0.15, 0.2) is 0 Å². The summed E-state index contributed by atoms with van der Waals surface area (Å²) in [7, 11) is -3.92. The van der Waals surface area contributed by atoms with Crippen LogP contribution >= 0.6 is 31.1 Å². The lowest BCUT2D eigenvalue weighted by Crippen LogP contribution is -2.14. The molecule has 188 valence electrons. The lowest BCUT2D eigenvalue weighted by atomic mass is 10.1. The van der Waals surface area contributed by atoms with Gasteiger partial charge in [0, 0.05) is 11.0 Å². The lowest BCUT2D eigenvalue weighted by molar-refractivity contribution is 0.373. The summed E-state index contributed by atoms with van der Waals surface area (Å²) in [6, 6.07) is 0. The van der Waals surface area contributed by atoms with Crippen molar-refractivity contribution in [2.45, 2.75) is 135 Å². The van der Waals surface area contributed by atoms with Crippen molar-refractivity contribution >= 4 is 31.1 Å². The Labute approximate surface area is 203 Å². The van der Waals surface area contributed by atoms with Crippen molar-refractivity contribution in [2.24, 2.45) is 0 Å². The van der Waals surface area contributed by atoms with Gasteiger partial charge in [-0.2, -0.15) is 23.5 Å². The Kier molecular flexibility index (Phi) is 24.6. The Hall–Kier alpha value is 0.850. The van der Waals surface area contributed by atoms with Gasteiger partial charge in [-0.1, -0.05) is 117 Å². The van der Waals surface area contributed by atoms with E-state index in [2.05, 4.69) is 13.8 Å². The zero-order valence-corrected chi connectivity index (χ0v) is 23.2. The molecule has 0 aliphatic rings. The molecule has 0 aromatic carbocycles. The summed E-state index contributed by atoms with van der Waals surface area (Å²) in [5.74, 6) is 3.05. The van der Waals surface area contributed by atoms with Crippen molar-refractivity contribution in [1.82, 2.24) is 0 Å². The molecule has 0 radical (unpaired) electrons. The molecule has 0 amide bonds. The van der Waals surface area contributed by atoms with Crippen LogP contribution in [-0.4, -0.2) is 38.5 Å². The summed E-state index contributed by atoms with van der Waals surface area (Å²) in [4.78, 5) is 18.8. The van der Waals surface area contributed by atoms with Gasteiger partial charge in [0.05, 0.1) is 6.16 Å². The molecule has 0 aliphatic heterocycles. The Bertz CT molecular complexity index is 404. The van der Waals surface area contributed by atoms with Crippen LogP contribution in [0.5, 0.6) is 0 Å². The van der Waals surface area contributed by atoms with Gasteiger partial charge in [0.25, 0.3) is 0 Å². The number of hydrogen-bond acceptors (Lipinski definition) is 3. The highest BCUT2D eigenvalue weighted by Crippen LogP contribution is 2.39. The number of rotatable bonds is 25. The van der Waals surface area contributed by atoms with E-state index in [0.717, 1.165) is 17.3 Å². The van der Waals surface area contributed by atoms with Crippen LogP contribution in [0.25, 0.3) is 0 Å². The van der Waals surface area contributed by atoms with Gasteiger partial charge >= 0.3 is 7.60 Å². The third-order valence-electron chi connectivity index (χ3n) is 5.74. The van der Waals surface area contributed by atoms with Crippen LogP contribution in [0.1, 0.15) is 129 Å². The van der Waals surface area contributed by atoms with Crippen LogP contribution in [-0.2, 0) is 4.57 Å². The molecule has 0 aromatic rings. The molecule has 0 saturated carbocycles. The van der Waals surface area contributed by atoms with Crippen LogP contribution in [0.3, 0.4) is 0 Å². The first-order valence-corrected chi connectivity index (χ1v) is 17.2. The summed E-state index contributed by atoms with van der Waals surface area (Å²) >= 11 is 3.69. The minimum Gasteiger partial charge on any atom is -0.324 e. The van der Waals surface area contributed by atoms with Crippen molar-refractivity contribution in [3.8, 4) is 0 Å². The summed E-state index contributed by atoms with van der Waals surface area (Å²) in [5, 5.41) is 0.0958. The van der Waals surface area contributed by atoms with Gasteiger partial charge < -0.3 is 9.79 Å². The average molecular weight is 497 g/mol. The molecule has 0 bridgehead atoms. The molecule has 31 heavy (non-hydrogen) atoms. The van der Waals surface area contributed by atoms with Crippen LogP contribution in [0.15, 0.2) is 0 Å². The number of unbranched alkanes of at least 4 members (excludes halogenated alkanes) is 16. The maximum absolute atomic E-state index is 11.5. The molecule has 0 aromatic heterocycles. The second-order valence-corrected chi connectivity index (χ2v) is 13.3. The van der Waals surface area contributed by atoms with Crippen molar-refractivity contribution in [3.05, 3.63) is 0 Å². The maximum Gasteiger partial charge on any atom is 0.326 e. The molecular weight excluding hydrogens is 443 g/mol. The zero-order valence-electron chi connectivity index (χ0n) is 20.7. The van der Waals surface area contributed by atoms with Gasteiger partial charge in [0.1, 0.15) is 0 Å². The standard InChI is InChI=1S/C25H53O3PS2/c1-3-5-7-9-11-13-15-17-19-21-30-24-25(23-29(26,27)28)31-22-20-18-16-14-12-10-8-6-4-2/h25H,3-24H2,1-2H3,(H2,26,27,28). The van der Waals surface area contributed by atoms with Crippen LogP contribution in [0, 0.1) is 0 Å². The van der Waals surface area contributed by atoms with E-state index in [-0.39, 0.29) is 11.4 Å². The SMILES string of the molecule is CCCCCCCCCCCSCC(CP(=O)(O)O)SCCCCCCCCCCC. The molecule has 6 heteroatoms. The van der Waals surface area contributed by atoms with E-state index in [9.17, 15) is 14.4 Å². The molecule has 0 rings (SSSR count). The predicted molar refractivity (Wildman–Crippen MR) is 145 cm³/mol. The van der Waals surface area contributed by atoms with Crippen LogP contribution in [0.2, 0.25) is 0 Å². The molecule has 1 atom stereocenters. The quantitative estimate of drug-likeness (QED) is 0.0975. The van der Waals surface area contributed by atoms with E-state index in [1.807, 2.05) is 11.8 Å². The summed E-state index contributed by atoms with van der Waals surface area (Å²) in [6.07, 6.45) is 24.0. The molecular formula is C25H53O3PS2. The normalized spacial score (nSPS) is 13.0. The third kappa shape index (κ3) is 27.0. The molecule has 0 fully saturated rings. The van der Waals surface area contributed by atoms with E-state index in [1.165, 1.54) is 116 Å². The first-order chi connectivity index (χ1) is 15.0. The third-order valence-corrected chi connectivity index (χ3v) is 9.66. The van der Waals surface area contributed by atoms with Crippen molar-refractivity contribution in [2.75, 3.05) is 23.4 Å². The minimum absolute atomic E-state index is 0.0415. The molecule has 1 unspecified atom stereocenters. The van der Waals surface area contributed by atoms with E-state index < -0.39 is 7.60 Å². The summed E-state index contributed by atoms with van der Waals surface area (Å²) in [6.45, 7) is 4.52. The average Bonchev–Trinajstić information content (AvgIpc) is 2.72. The van der Waals surface area contributed by atoms with Crippen molar-refractivity contribution in [1.29, 1.82) is 0 Å². The first-order valence-electron chi connectivity index (χ1n) is 13.2. The fourth-order valence-corrected chi connectivity index (χ4v) is 7.98. The lowest BCUT2D eigenvalue weighted by Gasteiger charge is -2.17. The highest BCUT2D eigenvalue weighted by molar-refractivity contribution is 8.03. The Morgan fingerprint density at radius 1 is 0.613 bits per heavy atom. The molecule has 0 spiro atoms. The Morgan fingerprint density at radius 3 is 1.42 bits per heavy atom. The van der Waals surface area contributed by atoms with E-state index in [4.69, 9.17) is 0 Å². The predicted octanol–water partition coefficient (Wildman–Crippen LogP) is 9.06. The van der Waals surface area contributed by atoms with Crippen LogP contribution in [0.4, 0.5) is 0 Å². The molecule has 0 saturated heterocycles.